The first-order valence-electron chi connectivity index (χ1n) is 8.72. The van der Waals surface area contributed by atoms with E-state index in [0.717, 1.165) is 28.0 Å². The third-order valence-corrected chi connectivity index (χ3v) is 4.69. The smallest absolute Gasteiger partial charge is 0.227 e. The molecule has 0 unspecified atom stereocenters. The van der Waals surface area contributed by atoms with Crippen LogP contribution in [0.3, 0.4) is 0 Å². The van der Waals surface area contributed by atoms with E-state index in [1.165, 1.54) is 0 Å². The summed E-state index contributed by atoms with van der Waals surface area (Å²) >= 11 is 6.24. The topological polar surface area (TPSA) is 76.9 Å². The molecule has 28 heavy (non-hydrogen) atoms. The normalized spacial score (nSPS) is 10.8. The second kappa shape index (κ2) is 7.74. The number of nitrogens with zero attached hydrogens (tertiary/aromatic N) is 4. The van der Waals surface area contributed by atoms with E-state index in [2.05, 4.69) is 25.7 Å². The SMILES string of the molecule is COc1cccc(Nc2nc(NCc3ccccc3Cl)nc3c2cnn3C)c1. The van der Waals surface area contributed by atoms with Crippen LogP contribution in [-0.4, -0.2) is 26.9 Å². The maximum absolute atomic E-state index is 6.24. The van der Waals surface area contributed by atoms with Gasteiger partial charge >= 0.3 is 0 Å². The van der Waals surface area contributed by atoms with Crippen molar-refractivity contribution in [1.29, 1.82) is 0 Å². The van der Waals surface area contributed by atoms with Gasteiger partial charge in [0.1, 0.15) is 11.6 Å². The van der Waals surface area contributed by atoms with Crippen LogP contribution in [0.5, 0.6) is 5.75 Å². The van der Waals surface area contributed by atoms with Crippen LogP contribution in [0.25, 0.3) is 11.0 Å². The van der Waals surface area contributed by atoms with Gasteiger partial charge in [0.25, 0.3) is 0 Å². The van der Waals surface area contributed by atoms with Gasteiger partial charge in [-0.05, 0) is 23.8 Å². The van der Waals surface area contributed by atoms with Crippen molar-refractivity contribution in [3.63, 3.8) is 0 Å². The van der Waals surface area contributed by atoms with Crippen LogP contribution in [0.2, 0.25) is 5.02 Å². The Morgan fingerprint density at radius 1 is 1.11 bits per heavy atom. The van der Waals surface area contributed by atoms with Crippen LogP contribution in [0.15, 0.2) is 54.7 Å². The van der Waals surface area contributed by atoms with Crippen molar-refractivity contribution in [1.82, 2.24) is 19.7 Å². The fraction of sp³-hybridized carbons (Fsp3) is 0.150. The summed E-state index contributed by atoms with van der Waals surface area (Å²) < 4.78 is 7.01. The van der Waals surface area contributed by atoms with Gasteiger partial charge in [-0.15, -0.1) is 0 Å². The third kappa shape index (κ3) is 3.70. The number of anilines is 3. The zero-order valence-corrected chi connectivity index (χ0v) is 16.2. The molecule has 0 aliphatic heterocycles. The summed E-state index contributed by atoms with van der Waals surface area (Å²) in [5.41, 5.74) is 2.56. The van der Waals surface area contributed by atoms with Gasteiger partial charge in [0.05, 0.1) is 18.7 Å². The van der Waals surface area contributed by atoms with Crippen molar-refractivity contribution in [3.8, 4) is 5.75 Å². The third-order valence-electron chi connectivity index (χ3n) is 4.32. The number of aromatic nitrogens is 4. The standard InChI is InChI=1S/C20H19ClN6O/c1-27-19-16(12-23-27)18(24-14-7-5-8-15(10-14)28-2)25-20(26-19)22-11-13-6-3-4-9-17(13)21/h3-10,12H,11H2,1-2H3,(H2,22,24,25,26). The van der Waals surface area contributed by atoms with Crippen LogP contribution >= 0.6 is 11.6 Å². The minimum absolute atomic E-state index is 0.487. The lowest BCUT2D eigenvalue weighted by Crippen LogP contribution is -2.07. The molecule has 0 fully saturated rings. The predicted octanol–water partition coefficient (Wildman–Crippen LogP) is 4.38. The quantitative estimate of drug-likeness (QED) is 0.505. The van der Waals surface area contributed by atoms with Crippen LogP contribution in [0.4, 0.5) is 17.5 Å². The Bertz CT molecular complexity index is 1130. The summed E-state index contributed by atoms with van der Waals surface area (Å²) in [7, 11) is 3.49. The summed E-state index contributed by atoms with van der Waals surface area (Å²) in [5.74, 6) is 1.91. The average Bonchev–Trinajstić information content (AvgIpc) is 3.09. The van der Waals surface area contributed by atoms with Crippen LogP contribution in [0.1, 0.15) is 5.56 Å². The first-order chi connectivity index (χ1) is 13.6. The summed E-state index contributed by atoms with van der Waals surface area (Å²) in [6, 6.07) is 15.3. The van der Waals surface area contributed by atoms with Gasteiger partial charge in [0.15, 0.2) is 5.65 Å². The van der Waals surface area contributed by atoms with Gasteiger partial charge in [-0.1, -0.05) is 35.9 Å². The summed E-state index contributed by atoms with van der Waals surface area (Å²) in [5, 5.41) is 12.4. The van der Waals surface area contributed by atoms with E-state index in [4.69, 9.17) is 16.3 Å². The van der Waals surface area contributed by atoms with Crippen molar-refractivity contribution in [3.05, 3.63) is 65.3 Å². The molecular weight excluding hydrogens is 376 g/mol. The maximum Gasteiger partial charge on any atom is 0.227 e. The Morgan fingerprint density at radius 2 is 1.96 bits per heavy atom. The molecule has 0 aliphatic rings. The Balaban J connectivity index is 1.66. The molecule has 2 heterocycles. The highest BCUT2D eigenvalue weighted by Gasteiger charge is 2.12. The van der Waals surface area contributed by atoms with Gasteiger partial charge in [0, 0.05) is 30.4 Å². The predicted molar refractivity (Wildman–Crippen MR) is 111 cm³/mol. The molecule has 0 bridgehead atoms. The summed E-state index contributed by atoms with van der Waals surface area (Å²) in [6.07, 6.45) is 1.75. The Morgan fingerprint density at radius 3 is 2.79 bits per heavy atom. The molecule has 4 aromatic rings. The van der Waals surface area contributed by atoms with E-state index < -0.39 is 0 Å². The number of halogens is 1. The second-order valence-electron chi connectivity index (χ2n) is 6.20. The molecule has 4 rings (SSSR count). The number of nitrogens with one attached hydrogen (secondary N) is 2. The zero-order chi connectivity index (χ0) is 19.5. The number of fused-ring (bicyclic) bond motifs is 1. The van der Waals surface area contributed by atoms with Gasteiger partial charge in [-0.2, -0.15) is 15.1 Å². The number of ether oxygens (including phenoxy) is 1. The first-order valence-corrected chi connectivity index (χ1v) is 9.10. The fourth-order valence-electron chi connectivity index (χ4n) is 2.85. The zero-order valence-electron chi connectivity index (χ0n) is 15.5. The molecule has 0 saturated carbocycles. The fourth-order valence-corrected chi connectivity index (χ4v) is 3.05. The molecule has 2 N–H and O–H groups in total. The number of methoxy groups -OCH3 is 1. The summed E-state index contributed by atoms with van der Waals surface area (Å²) in [6.45, 7) is 0.516. The molecule has 7 nitrogen and oxygen atoms in total. The van der Waals surface area contributed by atoms with Crippen molar-refractivity contribution in [2.45, 2.75) is 6.54 Å². The highest BCUT2D eigenvalue weighted by atomic mass is 35.5. The molecule has 8 heteroatoms. The van der Waals surface area contributed by atoms with Crippen molar-refractivity contribution < 1.29 is 4.74 Å². The molecule has 0 spiro atoms. The minimum Gasteiger partial charge on any atom is -0.497 e. The number of rotatable bonds is 6. The summed E-state index contributed by atoms with van der Waals surface area (Å²) in [4.78, 5) is 9.23. The maximum atomic E-state index is 6.24. The molecule has 0 saturated heterocycles. The lowest BCUT2D eigenvalue weighted by molar-refractivity contribution is 0.415. The molecule has 0 amide bonds. The van der Waals surface area contributed by atoms with Gasteiger partial charge < -0.3 is 15.4 Å². The highest BCUT2D eigenvalue weighted by molar-refractivity contribution is 6.31. The van der Waals surface area contributed by atoms with E-state index in [1.54, 1.807) is 18.0 Å². The number of benzene rings is 2. The highest BCUT2D eigenvalue weighted by Crippen LogP contribution is 2.27. The number of aryl methyl sites for hydroxylation is 1. The number of hydrogen-bond donors (Lipinski definition) is 2. The Labute approximate surface area is 167 Å². The monoisotopic (exact) mass is 394 g/mol. The molecule has 2 aromatic carbocycles. The van der Waals surface area contributed by atoms with Crippen molar-refractivity contribution in [2.75, 3.05) is 17.7 Å². The van der Waals surface area contributed by atoms with Crippen LogP contribution < -0.4 is 15.4 Å². The Kier molecular flexibility index (Phi) is 4.99. The van der Waals surface area contributed by atoms with Gasteiger partial charge in [-0.25, -0.2) is 0 Å². The second-order valence-corrected chi connectivity index (χ2v) is 6.61. The van der Waals surface area contributed by atoms with Crippen LogP contribution in [0, 0.1) is 0 Å². The molecule has 0 aliphatic carbocycles. The minimum atomic E-state index is 0.487. The molecule has 0 atom stereocenters. The average molecular weight is 395 g/mol. The molecule has 2 aromatic heterocycles. The first kappa shape index (κ1) is 18.1. The molecule has 0 radical (unpaired) electrons. The van der Waals surface area contributed by atoms with Crippen LogP contribution in [-0.2, 0) is 13.6 Å². The van der Waals surface area contributed by atoms with Crippen molar-refractivity contribution in [2.24, 2.45) is 7.05 Å². The van der Waals surface area contributed by atoms with E-state index in [-0.39, 0.29) is 0 Å². The lowest BCUT2D eigenvalue weighted by atomic mass is 10.2. The van der Waals surface area contributed by atoms with E-state index >= 15 is 0 Å². The van der Waals surface area contributed by atoms with E-state index in [0.29, 0.717) is 23.3 Å². The van der Waals surface area contributed by atoms with Gasteiger partial charge in [-0.3, -0.25) is 4.68 Å². The lowest BCUT2D eigenvalue weighted by Gasteiger charge is -2.11. The van der Waals surface area contributed by atoms with E-state index in [9.17, 15) is 0 Å². The van der Waals surface area contributed by atoms with Crippen molar-refractivity contribution >= 4 is 40.1 Å². The molecular formula is C20H19ClN6O. The van der Waals surface area contributed by atoms with Gasteiger partial charge in [0.2, 0.25) is 5.95 Å². The van der Waals surface area contributed by atoms with E-state index in [1.807, 2.05) is 55.6 Å². The Hall–Kier alpha value is -3.32. The largest absolute Gasteiger partial charge is 0.497 e. The molecule has 142 valence electrons. The number of hydrogen-bond acceptors (Lipinski definition) is 6.